The van der Waals surface area contributed by atoms with Gasteiger partial charge in [0.05, 0.1) is 6.61 Å². The van der Waals surface area contributed by atoms with E-state index < -0.39 is 5.97 Å². The molecule has 0 spiro atoms. The van der Waals surface area contributed by atoms with Gasteiger partial charge in [-0.3, -0.25) is 9.69 Å². The number of urea groups is 1. The van der Waals surface area contributed by atoms with Gasteiger partial charge in [-0.2, -0.15) is 0 Å². The largest absolute Gasteiger partial charge is 0.480 e. The van der Waals surface area contributed by atoms with E-state index in [-0.39, 0.29) is 19.1 Å². The van der Waals surface area contributed by atoms with Gasteiger partial charge in [-0.25, -0.2) is 4.79 Å². The van der Waals surface area contributed by atoms with E-state index in [9.17, 15) is 9.59 Å². The molecule has 1 atom stereocenters. The number of carbonyl (C=O) groups is 2. The Morgan fingerprint density at radius 3 is 2.71 bits per heavy atom. The number of carboxylic acid groups (broad SMARTS) is 1. The Morgan fingerprint density at radius 1 is 1.43 bits per heavy atom. The number of ether oxygens (including phenoxy) is 1. The summed E-state index contributed by atoms with van der Waals surface area (Å²) in [4.78, 5) is 28.6. The number of likely N-dealkylation sites (N-methyl/N-ethyl adjacent to an activating group) is 2. The first kappa shape index (κ1) is 17.7. The van der Waals surface area contributed by atoms with Crippen molar-refractivity contribution in [2.45, 2.75) is 25.8 Å². The lowest BCUT2D eigenvalue weighted by Crippen LogP contribution is -2.48. The minimum atomic E-state index is -1.01. The maximum Gasteiger partial charge on any atom is 0.323 e. The SMILES string of the molecule is CCN1CCCC1CN(C)C(=O)N(CCOC)CC(=O)O. The minimum Gasteiger partial charge on any atom is -0.480 e. The molecule has 1 saturated heterocycles. The van der Waals surface area contributed by atoms with Crippen LogP contribution in [-0.2, 0) is 9.53 Å². The van der Waals surface area contributed by atoms with Crippen LogP contribution in [0.1, 0.15) is 19.8 Å². The first-order chi connectivity index (χ1) is 9.99. The number of amides is 2. The summed E-state index contributed by atoms with van der Waals surface area (Å²) in [5.74, 6) is -1.01. The highest BCUT2D eigenvalue weighted by atomic mass is 16.5. The second kappa shape index (κ2) is 8.84. The van der Waals surface area contributed by atoms with Gasteiger partial charge in [0.15, 0.2) is 0 Å². The number of nitrogens with zero attached hydrogens (tertiary/aromatic N) is 3. The second-order valence-electron chi connectivity index (χ2n) is 5.40. The monoisotopic (exact) mass is 301 g/mol. The molecule has 122 valence electrons. The van der Waals surface area contributed by atoms with Crippen molar-refractivity contribution in [1.82, 2.24) is 14.7 Å². The molecule has 0 aromatic carbocycles. The van der Waals surface area contributed by atoms with Crippen LogP contribution in [0.3, 0.4) is 0 Å². The number of rotatable bonds is 8. The van der Waals surface area contributed by atoms with Gasteiger partial charge in [-0.15, -0.1) is 0 Å². The van der Waals surface area contributed by atoms with Crippen LogP contribution in [0.2, 0.25) is 0 Å². The average molecular weight is 301 g/mol. The van der Waals surface area contributed by atoms with Crippen LogP contribution >= 0.6 is 0 Å². The van der Waals surface area contributed by atoms with Gasteiger partial charge in [0.1, 0.15) is 6.54 Å². The van der Waals surface area contributed by atoms with E-state index in [1.165, 1.54) is 12.0 Å². The predicted octanol–water partition coefficient (Wildman–Crippen LogP) is 0.556. The zero-order chi connectivity index (χ0) is 15.8. The molecule has 0 aromatic heterocycles. The fraction of sp³-hybridized carbons (Fsp3) is 0.857. The fourth-order valence-electron chi connectivity index (χ4n) is 2.76. The molecule has 1 heterocycles. The lowest BCUT2D eigenvalue weighted by atomic mass is 10.2. The van der Waals surface area contributed by atoms with Crippen molar-refractivity contribution in [3.05, 3.63) is 0 Å². The molecule has 21 heavy (non-hydrogen) atoms. The average Bonchev–Trinajstić information content (AvgIpc) is 2.89. The Balaban J connectivity index is 2.57. The third kappa shape index (κ3) is 5.51. The van der Waals surface area contributed by atoms with Gasteiger partial charge < -0.3 is 19.6 Å². The predicted molar refractivity (Wildman–Crippen MR) is 79.4 cm³/mol. The molecule has 7 nitrogen and oxygen atoms in total. The van der Waals surface area contributed by atoms with Crippen LogP contribution in [0.15, 0.2) is 0 Å². The standard InChI is InChI=1S/C14H27N3O4/c1-4-16-7-5-6-12(16)10-15(2)14(20)17(8-9-21-3)11-13(18)19/h12H,4-11H2,1-3H3,(H,18,19). The summed E-state index contributed by atoms with van der Waals surface area (Å²) < 4.78 is 4.94. The van der Waals surface area contributed by atoms with Crippen molar-refractivity contribution in [3.8, 4) is 0 Å². The van der Waals surface area contributed by atoms with E-state index in [0.717, 1.165) is 25.9 Å². The molecule has 0 bridgehead atoms. The number of likely N-dealkylation sites (tertiary alicyclic amines) is 1. The summed E-state index contributed by atoms with van der Waals surface area (Å²) in [7, 11) is 3.26. The van der Waals surface area contributed by atoms with Gasteiger partial charge >= 0.3 is 12.0 Å². The first-order valence-corrected chi connectivity index (χ1v) is 7.44. The lowest BCUT2D eigenvalue weighted by Gasteiger charge is -2.31. The van der Waals surface area contributed by atoms with Crippen molar-refractivity contribution in [3.63, 3.8) is 0 Å². The van der Waals surface area contributed by atoms with Crippen LogP contribution in [0.4, 0.5) is 4.79 Å². The number of hydrogen-bond acceptors (Lipinski definition) is 4. The molecule has 0 aliphatic carbocycles. The Morgan fingerprint density at radius 2 is 2.14 bits per heavy atom. The summed E-state index contributed by atoms with van der Waals surface area (Å²) in [6.07, 6.45) is 2.24. The summed E-state index contributed by atoms with van der Waals surface area (Å²) in [5, 5.41) is 8.92. The molecule has 1 fully saturated rings. The van der Waals surface area contributed by atoms with E-state index in [1.807, 2.05) is 0 Å². The van der Waals surface area contributed by atoms with Crippen LogP contribution < -0.4 is 0 Å². The minimum absolute atomic E-state index is 0.252. The molecule has 0 saturated carbocycles. The molecule has 0 radical (unpaired) electrons. The van der Waals surface area contributed by atoms with Gasteiger partial charge in [0.2, 0.25) is 0 Å². The highest BCUT2D eigenvalue weighted by Crippen LogP contribution is 2.17. The van der Waals surface area contributed by atoms with E-state index in [4.69, 9.17) is 9.84 Å². The van der Waals surface area contributed by atoms with E-state index in [2.05, 4.69) is 11.8 Å². The summed E-state index contributed by atoms with van der Waals surface area (Å²) in [6.45, 7) is 5.13. The summed E-state index contributed by atoms with van der Waals surface area (Å²) in [6, 6.07) is 0.121. The number of methoxy groups -OCH3 is 1. The molecule has 1 rings (SSSR count). The zero-order valence-corrected chi connectivity index (χ0v) is 13.2. The van der Waals surface area contributed by atoms with E-state index in [0.29, 0.717) is 19.2 Å². The molecule has 1 unspecified atom stereocenters. The van der Waals surface area contributed by atoms with Gasteiger partial charge in [0.25, 0.3) is 0 Å². The van der Waals surface area contributed by atoms with Gasteiger partial charge in [-0.05, 0) is 25.9 Å². The highest BCUT2D eigenvalue weighted by molar-refractivity contribution is 5.80. The maximum atomic E-state index is 12.4. The van der Waals surface area contributed by atoms with E-state index >= 15 is 0 Å². The molecular formula is C14H27N3O4. The Kier molecular flexibility index (Phi) is 7.45. The second-order valence-corrected chi connectivity index (χ2v) is 5.40. The summed E-state index contributed by atoms with van der Waals surface area (Å²) >= 11 is 0. The number of hydrogen-bond donors (Lipinski definition) is 1. The van der Waals surface area contributed by atoms with Gasteiger partial charge in [-0.1, -0.05) is 6.92 Å². The molecule has 1 aliphatic heterocycles. The third-order valence-corrected chi connectivity index (χ3v) is 3.88. The summed E-state index contributed by atoms with van der Waals surface area (Å²) in [5.41, 5.74) is 0. The van der Waals surface area contributed by atoms with Crippen molar-refractivity contribution in [2.24, 2.45) is 0 Å². The Bertz CT molecular complexity index is 351. The molecule has 1 N–H and O–H groups in total. The van der Waals surface area contributed by atoms with Crippen molar-refractivity contribution >= 4 is 12.0 Å². The smallest absolute Gasteiger partial charge is 0.323 e. The third-order valence-electron chi connectivity index (χ3n) is 3.88. The van der Waals surface area contributed by atoms with E-state index in [1.54, 1.807) is 11.9 Å². The zero-order valence-electron chi connectivity index (χ0n) is 13.2. The number of aliphatic carboxylic acids is 1. The molecular weight excluding hydrogens is 274 g/mol. The fourth-order valence-corrected chi connectivity index (χ4v) is 2.76. The Hall–Kier alpha value is -1.34. The highest BCUT2D eigenvalue weighted by Gasteiger charge is 2.27. The lowest BCUT2D eigenvalue weighted by molar-refractivity contribution is -0.137. The van der Waals surface area contributed by atoms with Crippen molar-refractivity contribution in [2.75, 3.05) is 53.5 Å². The van der Waals surface area contributed by atoms with Crippen molar-refractivity contribution < 1.29 is 19.4 Å². The number of carboxylic acids is 1. The molecule has 0 aromatic rings. The van der Waals surface area contributed by atoms with Crippen LogP contribution in [-0.4, -0.2) is 91.3 Å². The normalized spacial score (nSPS) is 18.7. The van der Waals surface area contributed by atoms with Crippen LogP contribution in [0.5, 0.6) is 0 Å². The molecule has 7 heteroatoms. The van der Waals surface area contributed by atoms with Crippen LogP contribution in [0, 0.1) is 0 Å². The topological polar surface area (TPSA) is 73.3 Å². The quantitative estimate of drug-likeness (QED) is 0.709. The number of carbonyl (C=O) groups excluding carboxylic acids is 1. The van der Waals surface area contributed by atoms with Gasteiger partial charge in [0, 0.05) is 33.3 Å². The first-order valence-electron chi connectivity index (χ1n) is 7.44. The van der Waals surface area contributed by atoms with Crippen LogP contribution in [0.25, 0.3) is 0 Å². The molecule has 2 amide bonds. The van der Waals surface area contributed by atoms with Crippen molar-refractivity contribution in [1.29, 1.82) is 0 Å². The Labute approximate surface area is 126 Å². The molecule has 1 aliphatic rings. The maximum absolute atomic E-state index is 12.4.